The second kappa shape index (κ2) is 11.5. The number of anilines is 3. The summed E-state index contributed by atoms with van der Waals surface area (Å²) in [6.07, 6.45) is 0.764. The molecule has 0 saturated carbocycles. The van der Waals surface area contributed by atoms with Gasteiger partial charge in [0.25, 0.3) is 0 Å². The Balaban J connectivity index is 1.40. The Kier molecular flexibility index (Phi) is 8.17. The lowest BCUT2D eigenvalue weighted by Gasteiger charge is -2.26. The number of morpholine rings is 1. The third-order valence-corrected chi connectivity index (χ3v) is 5.85. The van der Waals surface area contributed by atoms with Crippen molar-refractivity contribution in [2.45, 2.75) is 46.1 Å². The minimum absolute atomic E-state index is 0.0387. The molecular weight excluding hydrogens is 436 g/mol. The zero-order chi connectivity index (χ0) is 23.9. The highest BCUT2D eigenvalue weighted by Crippen LogP contribution is 2.23. The topological polar surface area (TPSA) is 122 Å². The Hall–Kier alpha value is -2.92. The van der Waals surface area contributed by atoms with E-state index < -0.39 is 0 Å². The van der Waals surface area contributed by atoms with Crippen molar-refractivity contribution >= 4 is 23.3 Å². The highest BCUT2D eigenvalue weighted by molar-refractivity contribution is 5.87. The van der Waals surface area contributed by atoms with E-state index in [1.165, 1.54) is 0 Å². The normalized spacial score (nSPS) is 18.8. The van der Waals surface area contributed by atoms with Crippen LogP contribution in [0.25, 0.3) is 0 Å². The fraction of sp³-hybridized carbons (Fsp3) is 0.652. The third kappa shape index (κ3) is 6.80. The molecule has 0 amide bonds. The Bertz CT molecular complexity index is 955. The molecule has 186 valence electrons. The number of nitrogens with zero attached hydrogens (tertiary/aromatic N) is 5. The Morgan fingerprint density at radius 3 is 2.65 bits per heavy atom. The lowest BCUT2D eigenvalue weighted by atomic mass is 10.0. The largest absolute Gasteiger partial charge is 0.476 e. The van der Waals surface area contributed by atoms with E-state index in [9.17, 15) is 0 Å². The molecule has 1 saturated heterocycles. The number of H-pyrrole nitrogens is 1. The molecule has 34 heavy (non-hydrogen) atoms. The molecule has 11 heteroatoms. The molecule has 0 spiro atoms. The van der Waals surface area contributed by atoms with Crippen LogP contribution >= 0.6 is 0 Å². The van der Waals surface area contributed by atoms with Crippen molar-refractivity contribution < 1.29 is 14.3 Å². The van der Waals surface area contributed by atoms with Crippen LogP contribution in [0.3, 0.4) is 0 Å². The van der Waals surface area contributed by atoms with Gasteiger partial charge < -0.3 is 24.9 Å². The molecule has 11 nitrogen and oxygen atoms in total. The predicted octanol–water partition coefficient (Wildman–Crippen LogP) is 2.99. The van der Waals surface area contributed by atoms with Gasteiger partial charge in [0.2, 0.25) is 11.8 Å². The highest BCUT2D eigenvalue weighted by Gasteiger charge is 2.23. The minimum Gasteiger partial charge on any atom is -0.476 e. The maximum atomic E-state index is 6.00. The van der Waals surface area contributed by atoms with Crippen molar-refractivity contribution in [3.8, 4) is 5.88 Å². The summed E-state index contributed by atoms with van der Waals surface area (Å²) >= 11 is 0. The van der Waals surface area contributed by atoms with Crippen LogP contribution in [0.2, 0.25) is 0 Å². The first-order valence-electron chi connectivity index (χ1n) is 12.1. The molecular formula is C23H36N8O3. The van der Waals surface area contributed by atoms with Crippen LogP contribution in [0.1, 0.15) is 45.7 Å². The molecule has 0 bridgehead atoms. The maximum Gasteiger partial charge on any atom is 0.228 e. The molecule has 1 unspecified atom stereocenters. The minimum atomic E-state index is -0.0387. The van der Waals surface area contributed by atoms with Gasteiger partial charge in [-0.05, 0) is 11.8 Å². The number of oxime groups is 1. The summed E-state index contributed by atoms with van der Waals surface area (Å²) in [4.78, 5) is 17.0. The average Bonchev–Trinajstić information content (AvgIpc) is 3.48. The van der Waals surface area contributed by atoms with E-state index in [2.05, 4.69) is 68.5 Å². The van der Waals surface area contributed by atoms with E-state index in [0.29, 0.717) is 48.5 Å². The predicted molar refractivity (Wildman–Crippen MR) is 131 cm³/mol. The first kappa shape index (κ1) is 24.2. The fourth-order valence-corrected chi connectivity index (χ4v) is 3.68. The molecule has 3 N–H and O–H groups in total. The molecule has 1 fully saturated rings. The second-order valence-corrected chi connectivity index (χ2v) is 9.26. The van der Waals surface area contributed by atoms with Gasteiger partial charge in [0, 0.05) is 43.9 Å². The van der Waals surface area contributed by atoms with Gasteiger partial charge in [-0.1, -0.05) is 32.9 Å². The summed E-state index contributed by atoms with van der Waals surface area (Å²) in [6.45, 7) is 13.8. The number of rotatable bonds is 11. The molecule has 0 aromatic carbocycles. The van der Waals surface area contributed by atoms with Crippen molar-refractivity contribution in [1.29, 1.82) is 0 Å². The van der Waals surface area contributed by atoms with Crippen molar-refractivity contribution in [3.63, 3.8) is 0 Å². The number of hydrogen-bond donors (Lipinski definition) is 3. The first-order chi connectivity index (χ1) is 16.5. The average molecular weight is 473 g/mol. The number of aromatic nitrogens is 4. The monoisotopic (exact) mass is 472 g/mol. The van der Waals surface area contributed by atoms with Crippen molar-refractivity contribution in [1.82, 2.24) is 25.1 Å². The van der Waals surface area contributed by atoms with E-state index in [4.69, 9.17) is 14.3 Å². The van der Waals surface area contributed by atoms with Crippen LogP contribution in [0.4, 0.5) is 17.6 Å². The highest BCUT2D eigenvalue weighted by atomic mass is 16.6. The van der Waals surface area contributed by atoms with Crippen LogP contribution in [0.5, 0.6) is 5.88 Å². The number of ether oxygens (including phenoxy) is 2. The standard InChI is InChI=1S/C23H36N8O3/c1-15(2)18-12-21(29-28-18)25-20-13-22(33-10-7-31-5-8-32-9-6-31)27-23(26-20)24-14-17-11-19(16(3)4)30-34-17/h12-13,15-17H,5-11,14H2,1-4H3,(H3,24,25,26,27,28,29). The molecule has 4 rings (SSSR count). The summed E-state index contributed by atoms with van der Waals surface area (Å²) in [5.41, 5.74) is 2.13. The SMILES string of the molecule is CC(C)C1=NOC(CNc2nc(Nc3cc(C(C)C)[nH]n3)cc(OCCN3CCOCC3)n2)C1. The molecule has 4 heterocycles. The quantitative estimate of drug-likeness (QED) is 0.453. The van der Waals surface area contributed by atoms with Gasteiger partial charge >= 0.3 is 0 Å². The molecule has 2 aromatic heterocycles. The van der Waals surface area contributed by atoms with Gasteiger partial charge in [-0.15, -0.1) is 0 Å². The summed E-state index contributed by atoms with van der Waals surface area (Å²) in [5, 5.41) is 18.1. The molecule has 2 aromatic rings. The smallest absolute Gasteiger partial charge is 0.228 e. The van der Waals surface area contributed by atoms with E-state index in [1.807, 2.05) is 6.07 Å². The van der Waals surface area contributed by atoms with Gasteiger partial charge in [-0.2, -0.15) is 15.1 Å². The van der Waals surface area contributed by atoms with Crippen LogP contribution in [-0.2, 0) is 9.57 Å². The zero-order valence-electron chi connectivity index (χ0n) is 20.5. The summed E-state index contributed by atoms with van der Waals surface area (Å²) in [6, 6.07) is 3.77. The van der Waals surface area contributed by atoms with Crippen LogP contribution in [-0.4, -0.2) is 82.9 Å². The van der Waals surface area contributed by atoms with Crippen LogP contribution < -0.4 is 15.4 Å². The van der Waals surface area contributed by atoms with Gasteiger partial charge in [0.15, 0.2) is 5.82 Å². The molecule has 2 aliphatic heterocycles. The van der Waals surface area contributed by atoms with Gasteiger partial charge in [-0.3, -0.25) is 10.00 Å². The molecule has 2 aliphatic rings. The summed E-state index contributed by atoms with van der Waals surface area (Å²) in [7, 11) is 0. The summed E-state index contributed by atoms with van der Waals surface area (Å²) in [5.74, 6) is 3.00. The fourth-order valence-electron chi connectivity index (χ4n) is 3.68. The molecule has 0 aliphatic carbocycles. The van der Waals surface area contributed by atoms with E-state index in [0.717, 1.165) is 50.7 Å². The van der Waals surface area contributed by atoms with Gasteiger partial charge in [0.05, 0.1) is 25.5 Å². The Morgan fingerprint density at radius 2 is 1.94 bits per heavy atom. The van der Waals surface area contributed by atoms with E-state index in [-0.39, 0.29) is 6.10 Å². The van der Waals surface area contributed by atoms with E-state index >= 15 is 0 Å². The number of hydrogen-bond acceptors (Lipinski definition) is 10. The second-order valence-electron chi connectivity index (χ2n) is 9.26. The molecule has 1 atom stereocenters. The zero-order valence-corrected chi connectivity index (χ0v) is 20.5. The van der Waals surface area contributed by atoms with Crippen LogP contribution in [0, 0.1) is 5.92 Å². The summed E-state index contributed by atoms with van der Waals surface area (Å²) < 4.78 is 11.4. The third-order valence-electron chi connectivity index (χ3n) is 5.85. The number of nitrogens with one attached hydrogen (secondary N) is 3. The molecule has 0 radical (unpaired) electrons. The lowest BCUT2D eigenvalue weighted by molar-refractivity contribution is 0.0320. The van der Waals surface area contributed by atoms with E-state index in [1.54, 1.807) is 6.07 Å². The Morgan fingerprint density at radius 1 is 1.12 bits per heavy atom. The van der Waals surface area contributed by atoms with Gasteiger partial charge in [-0.25, -0.2) is 0 Å². The van der Waals surface area contributed by atoms with Crippen molar-refractivity contribution in [2.75, 3.05) is 56.6 Å². The Labute approximate surface area is 200 Å². The first-order valence-corrected chi connectivity index (χ1v) is 12.1. The maximum absolute atomic E-state index is 6.00. The van der Waals surface area contributed by atoms with Crippen molar-refractivity contribution in [3.05, 3.63) is 17.8 Å². The number of aromatic amines is 1. The van der Waals surface area contributed by atoms with Crippen molar-refractivity contribution in [2.24, 2.45) is 11.1 Å². The van der Waals surface area contributed by atoms with Gasteiger partial charge in [0.1, 0.15) is 18.5 Å². The lowest BCUT2D eigenvalue weighted by Crippen LogP contribution is -2.38. The van der Waals surface area contributed by atoms with Crippen LogP contribution in [0.15, 0.2) is 17.3 Å².